The first kappa shape index (κ1) is 20.6. The zero-order valence-corrected chi connectivity index (χ0v) is 15.8. The minimum absolute atomic E-state index is 0.00691. The third-order valence-corrected chi connectivity index (χ3v) is 4.95. The fourth-order valence-electron chi connectivity index (χ4n) is 2.63. The number of halogens is 3. The minimum Gasteiger partial charge on any atom is -0.486 e. The van der Waals surface area contributed by atoms with Crippen molar-refractivity contribution in [3.05, 3.63) is 45.9 Å². The molecule has 3 rings (SSSR count). The van der Waals surface area contributed by atoms with Crippen LogP contribution in [0.5, 0.6) is 5.75 Å². The summed E-state index contributed by atoms with van der Waals surface area (Å²) in [7, 11) is 0. The molecule has 6 nitrogen and oxygen atoms in total. The molecule has 1 aliphatic heterocycles. The standard InChI is InChI=1S/C18H20F3N3O3S/c19-18(20,21)13-2-1-3-14(10-13)27-11-16-23-15(12-28-16)17(25)22-4-5-24-6-8-26-9-7-24/h1-3,10,12H,4-9,11H2,(H,22,25). The molecule has 1 amide bonds. The van der Waals surface area contributed by atoms with Crippen LogP contribution >= 0.6 is 11.3 Å². The Kier molecular flexibility index (Phi) is 6.87. The van der Waals surface area contributed by atoms with Gasteiger partial charge in [0, 0.05) is 31.6 Å². The molecule has 10 heteroatoms. The van der Waals surface area contributed by atoms with E-state index in [1.165, 1.54) is 23.5 Å². The van der Waals surface area contributed by atoms with E-state index in [1.807, 2.05) is 0 Å². The van der Waals surface area contributed by atoms with E-state index in [2.05, 4.69) is 15.2 Å². The van der Waals surface area contributed by atoms with Crippen molar-refractivity contribution in [2.45, 2.75) is 12.8 Å². The predicted molar refractivity (Wildman–Crippen MR) is 97.5 cm³/mol. The number of nitrogens with zero attached hydrogens (tertiary/aromatic N) is 2. The van der Waals surface area contributed by atoms with Gasteiger partial charge in [-0.1, -0.05) is 6.07 Å². The molecule has 1 saturated heterocycles. The maximum atomic E-state index is 12.7. The minimum atomic E-state index is -4.42. The monoisotopic (exact) mass is 415 g/mol. The Balaban J connectivity index is 1.46. The van der Waals surface area contributed by atoms with Crippen LogP contribution in [0.1, 0.15) is 21.1 Å². The van der Waals surface area contributed by atoms with Crippen LogP contribution in [0.15, 0.2) is 29.6 Å². The lowest BCUT2D eigenvalue weighted by atomic mass is 10.2. The lowest BCUT2D eigenvalue weighted by Gasteiger charge is -2.26. The number of hydrogen-bond donors (Lipinski definition) is 1. The Hall–Kier alpha value is -2.17. The number of nitrogens with one attached hydrogen (secondary N) is 1. The van der Waals surface area contributed by atoms with E-state index < -0.39 is 11.7 Å². The van der Waals surface area contributed by atoms with Crippen molar-refractivity contribution in [1.82, 2.24) is 15.2 Å². The molecule has 0 bridgehead atoms. The first-order valence-electron chi connectivity index (χ1n) is 8.74. The van der Waals surface area contributed by atoms with Gasteiger partial charge in [0.25, 0.3) is 5.91 Å². The summed E-state index contributed by atoms with van der Waals surface area (Å²) in [4.78, 5) is 18.5. The van der Waals surface area contributed by atoms with Crippen molar-refractivity contribution in [2.75, 3.05) is 39.4 Å². The van der Waals surface area contributed by atoms with Crippen molar-refractivity contribution in [3.63, 3.8) is 0 Å². The molecule has 0 unspecified atom stereocenters. The van der Waals surface area contributed by atoms with Gasteiger partial charge in [-0.2, -0.15) is 13.2 Å². The second-order valence-electron chi connectivity index (χ2n) is 6.15. The summed E-state index contributed by atoms with van der Waals surface area (Å²) in [5, 5.41) is 4.93. The van der Waals surface area contributed by atoms with E-state index in [-0.39, 0.29) is 24.0 Å². The zero-order valence-electron chi connectivity index (χ0n) is 15.0. The molecule has 0 aliphatic carbocycles. The molecule has 0 radical (unpaired) electrons. The molecule has 1 aliphatic rings. The molecule has 1 aromatic heterocycles. The highest BCUT2D eigenvalue weighted by atomic mass is 32.1. The molecule has 28 heavy (non-hydrogen) atoms. The third-order valence-electron chi connectivity index (χ3n) is 4.13. The number of benzene rings is 1. The van der Waals surface area contributed by atoms with Crippen LogP contribution < -0.4 is 10.1 Å². The number of carbonyl (C=O) groups is 1. The summed E-state index contributed by atoms with van der Waals surface area (Å²) in [6, 6.07) is 4.65. The molecule has 0 atom stereocenters. The number of morpholine rings is 1. The summed E-state index contributed by atoms with van der Waals surface area (Å²) in [5.74, 6) is -0.184. The first-order valence-corrected chi connectivity index (χ1v) is 9.62. The second-order valence-corrected chi connectivity index (χ2v) is 7.09. The van der Waals surface area contributed by atoms with Gasteiger partial charge in [0.2, 0.25) is 0 Å². The number of thiazole rings is 1. The third kappa shape index (κ3) is 5.91. The quantitative estimate of drug-likeness (QED) is 0.754. The summed E-state index contributed by atoms with van der Waals surface area (Å²) in [6.07, 6.45) is -4.42. The highest BCUT2D eigenvalue weighted by molar-refractivity contribution is 7.09. The van der Waals surface area contributed by atoms with Crippen molar-refractivity contribution in [3.8, 4) is 5.75 Å². The van der Waals surface area contributed by atoms with Crippen LogP contribution in [0.3, 0.4) is 0 Å². The molecule has 1 fully saturated rings. The maximum absolute atomic E-state index is 12.7. The van der Waals surface area contributed by atoms with E-state index in [0.29, 0.717) is 24.8 Å². The van der Waals surface area contributed by atoms with Gasteiger partial charge in [0.1, 0.15) is 23.1 Å². The lowest BCUT2D eigenvalue weighted by molar-refractivity contribution is -0.137. The number of aromatic nitrogens is 1. The van der Waals surface area contributed by atoms with E-state index in [1.54, 1.807) is 5.38 Å². The van der Waals surface area contributed by atoms with E-state index in [4.69, 9.17) is 9.47 Å². The first-order chi connectivity index (χ1) is 13.4. The number of rotatable bonds is 7. The van der Waals surface area contributed by atoms with Crippen molar-refractivity contribution in [2.24, 2.45) is 0 Å². The van der Waals surface area contributed by atoms with Gasteiger partial charge in [-0.05, 0) is 18.2 Å². The van der Waals surface area contributed by atoms with Crippen molar-refractivity contribution in [1.29, 1.82) is 0 Å². The summed E-state index contributed by atoms with van der Waals surface area (Å²) in [5.41, 5.74) is -0.501. The van der Waals surface area contributed by atoms with Crippen molar-refractivity contribution >= 4 is 17.2 Å². The summed E-state index contributed by atoms with van der Waals surface area (Å²) >= 11 is 1.22. The van der Waals surface area contributed by atoms with Crippen LogP contribution in [0.25, 0.3) is 0 Å². The SMILES string of the molecule is O=C(NCCN1CCOCC1)c1csc(COc2cccc(C(F)(F)F)c2)n1. The zero-order chi connectivity index (χ0) is 20.0. The number of amides is 1. The smallest absolute Gasteiger partial charge is 0.416 e. The summed E-state index contributed by atoms with van der Waals surface area (Å²) < 4.78 is 48.8. The van der Waals surface area contributed by atoms with Gasteiger partial charge in [-0.15, -0.1) is 11.3 Å². The fourth-order valence-corrected chi connectivity index (χ4v) is 3.32. The van der Waals surface area contributed by atoms with Crippen LogP contribution in [0, 0.1) is 0 Å². The Bertz CT molecular complexity index is 792. The average molecular weight is 415 g/mol. The molecule has 0 spiro atoms. The van der Waals surface area contributed by atoms with Crippen LogP contribution in [0.2, 0.25) is 0 Å². The molecule has 2 heterocycles. The number of ether oxygens (including phenoxy) is 2. The highest BCUT2D eigenvalue weighted by Crippen LogP contribution is 2.31. The molecular formula is C18H20F3N3O3S. The molecule has 1 aromatic carbocycles. The Morgan fingerprint density at radius 1 is 1.32 bits per heavy atom. The largest absolute Gasteiger partial charge is 0.486 e. The van der Waals surface area contributed by atoms with E-state index in [0.717, 1.165) is 31.8 Å². The fraction of sp³-hybridized carbons (Fsp3) is 0.444. The van der Waals surface area contributed by atoms with E-state index in [9.17, 15) is 18.0 Å². The van der Waals surface area contributed by atoms with Gasteiger partial charge < -0.3 is 14.8 Å². The van der Waals surface area contributed by atoms with Crippen LogP contribution in [-0.2, 0) is 17.5 Å². The Morgan fingerprint density at radius 2 is 2.11 bits per heavy atom. The molecule has 2 aromatic rings. The van der Waals surface area contributed by atoms with Gasteiger partial charge >= 0.3 is 6.18 Å². The van der Waals surface area contributed by atoms with Crippen molar-refractivity contribution < 1.29 is 27.4 Å². The molecular weight excluding hydrogens is 395 g/mol. The molecule has 1 N–H and O–H groups in total. The molecule has 152 valence electrons. The van der Waals surface area contributed by atoms with Gasteiger partial charge in [-0.3, -0.25) is 9.69 Å². The summed E-state index contributed by atoms with van der Waals surface area (Å²) in [6.45, 7) is 4.35. The number of hydrogen-bond acceptors (Lipinski definition) is 6. The van der Waals surface area contributed by atoms with Gasteiger partial charge in [0.05, 0.1) is 18.8 Å². The van der Waals surface area contributed by atoms with Gasteiger partial charge in [-0.25, -0.2) is 4.98 Å². The molecule has 0 saturated carbocycles. The second kappa shape index (κ2) is 9.35. The highest BCUT2D eigenvalue weighted by Gasteiger charge is 2.30. The predicted octanol–water partition coefficient (Wildman–Crippen LogP) is 2.80. The van der Waals surface area contributed by atoms with Gasteiger partial charge in [0.15, 0.2) is 0 Å². The number of alkyl halides is 3. The van der Waals surface area contributed by atoms with Crippen LogP contribution in [0.4, 0.5) is 13.2 Å². The van der Waals surface area contributed by atoms with E-state index >= 15 is 0 Å². The normalized spacial score (nSPS) is 15.4. The lowest BCUT2D eigenvalue weighted by Crippen LogP contribution is -2.41. The number of carbonyl (C=O) groups excluding carboxylic acids is 1. The topological polar surface area (TPSA) is 63.7 Å². The van der Waals surface area contributed by atoms with Crippen LogP contribution in [-0.4, -0.2) is 55.2 Å². The Labute approximate surface area is 164 Å². The Morgan fingerprint density at radius 3 is 2.86 bits per heavy atom. The average Bonchev–Trinajstić information content (AvgIpc) is 3.16. The maximum Gasteiger partial charge on any atom is 0.416 e.